The molecule has 2 amide bonds. The fourth-order valence-corrected chi connectivity index (χ4v) is 3.57. The van der Waals surface area contributed by atoms with Crippen molar-refractivity contribution in [2.45, 2.75) is 13.3 Å². The molecule has 9 heteroatoms. The van der Waals surface area contributed by atoms with E-state index in [9.17, 15) is 22.8 Å². The summed E-state index contributed by atoms with van der Waals surface area (Å²) in [6.45, 7) is 2.10. The van der Waals surface area contributed by atoms with E-state index in [1.165, 1.54) is 12.1 Å². The molecule has 3 aromatic rings. The lowest BCUT2D eigenvalue weighted by Gasteiger charge is -2.19. The third kappa shape index (κ3) is 4.73. The Labute approximate surface area is 193 Å². The predicted molar refractivity (Wildman–Crippen MR) is 120 cm³/mol. The van der Waals surface area contributed by atoms with Crippen LogP contribution in [0.25, 0.3) is 5.57 Å². The average Bonchev–Trinajstić information content (AvgIpc) is 3.03. The number of carbonyl (C=O) groups excluding carboxylic acids is 2. The van der Waals surface area contributed by atoms with Gasteiger partial charge < -0.3 is 14.8 Å². The summed E-state index contributed by atoms with van der Waals surface area (Å²) in [6, 6.07) is 20.2. The molecule has 3 aromatic carbocycles. The van der Waals surface area contributed by atoms with Gasteiger partial charge >= 0.3 is 6.36 Å². The Hall–Kier alpha value is -4.27. The number of amides is 2. The van der Waals surface area contributed by atoms with Crippen molar-refractivity contribution in [3.05, 3.63) is 90.1 Å². The van der Waals surface area contributed by atoms with Crippen LogP contribution in [0.4, 0.5) is 24.5 Å². The Morgan fingerprint density at radius 2 is 1.59 bits per heavy atom. The normalized spacial score (nSPS) is 13.9. The number of para-hydroxylation sites is 2. The van der Waals surface area contributed by atoms with Gasteiger partial charge in [-0.1, -0.05) is 48.5 Å². The van der Waals surface area contributed by atoms with Crippen molar-refractivity contribution in [2.24, 2.45) is 0 Å². The summed E-state index contributed by atoms with van der Waals surface area (Å²) < 4.78 is 47.5. The summed E-state index contributed by atoms with van der Waals surface area (Å²) >= 11 is 0. The SMILES string of the molecule is CCOc1ccccc1N1C(=O)C(Nc2cccc(OC(F)(F)F)c2)=C(c2ccccc2)C1=O. The molecule has 0 aliphatic carbocycles. The number of nitrogens with one attached hydrogen (secondary N) is 1. The third-order valence-corrected chi connectivity index (χ3v) is 4.89. The molecule has 0 aromatic heterocycles. The highest BCUT2D eigenvalue weighted by atomic mass is 19.4. The highest BCUT2D eigenvalue weighted by Crippen LogP contribution is 2.38. The van der Waals surface area contributed by atoms with Gasteiger partial charge in [-0.3, -0.25) is 9.59 Å². The van der Waals surface area contributed by atoms with Crippen LogP contribution in [0.2, 0.25) is 0 Å². The largest absolute Gasteiger partial charge is 0.573 e. The first-order valence-electron chi connectivity index (χ1n) is 10.3. The van der Waals surface area contributed by atoms with Gasteiger partial charge in [0.15, 0.2) is 0 Å². The smallest absolute Gasteiger partial charge is 0.492 e. The number of carbonyl (C=O) groups is 2. The third-order valence-electron chi connectivity index (χ3n) is 4.89. The number of anilines is 2. The zero-order valence-electron chi connectivity index (χ0n) is 17.9. The quantitative estimate of drug-likeness (QED) is 0.472. The molecule has 1 heterocycles. The lowest BCUT2D eigenvalue weighted by molar-refractivity contribution is -0.274. The van der Waals surface area contributed by atoms with Crippen molar-refractivity contribution >= 4 is 28.8 Å². The molecule has 1 N–H and O–H groups in total. The molecule has 0 unspecified atom stereocenters. The molecule has 4 rings (SSSR count). The van der Waals surface area contributed by atoms with E-state index in [2.05, 4.69) is 10.1 Å². The van der Waals surface area contributed by atoms with Crippen LogP contribution in [0.15, 0.2) is 84.6 Å². The molecular formula is C25H19F3N2O4. The van der Waals surface area contributed by atoms with Gasteiger partial charge in [0.2, 0.25) is 0 Å². The van der Waals surface area contributed by atoms with E-state index in [0.717, 1.165) is 17.0 Å². The zero-order valence-corrected chi connectivity index (χ0v) is 17.9. The van der Waals surface area contributed by atoms with E-state index in [0.29, 0.717) is 17.9 Å². The van der Waals surface area contributed by atoms with Crippen LogP contribution in [-0.2, 0) is 9.59 Å². The van der Waals surface area contributed by atoms with Crippen molar-refractivity contribution in [3.8, 4) is 11.5 Å². The van der Waals surface area contributed by atoms with Crippen molar-refractivity contribution in [3.63, 3.8) is 0 Å². The molecule has 174 valence electrons. The molecule has 0 spiro atoms. The maximum atomic E-state index is 13.5. The molecule has 1 aliphatic heterocycles. The number of nitrogens with zero attached hydrogens (tertiary/aromatic N) is 1. The van der Waals surface area contributed by atoms with E-state index in [4.69, 9.17) is 4.74 Å². The van der Waals surface area contributed by atoms with Crippen LogP contribution in [0.1, 0.15) is 12.5 Å². The summed E-state index contributed by atoms with van der Waals surface area (Å²) in [6.07, 6.45) is -4.87. The van der Waals surface area contributed by atoms with Crippen LogP contribution in [0.5, 0.6) is 11.5 Å². The van der Waals surface area contributed by atoms with Crippen LogP contribution in [-0.4, -0.2) is 24.8 Å². The number of imide groups is 1. The predicted octanol–water partition coefficient (Wildman–Crippen LogP) is 5.38. The van der Waals surface area contributed by atoms with Crippen LogP contribution in [0, 0.1) is 0 Å². The number of halogens is 3. The number of rotatable bonds is 7. The molecule has 0 atom stereocenters. The van der Waals surface area contributed by atoms with Gasteiger partial charge in [0.1, 0.15) is 17.2 Å². The summed E-state index contributed by atoms with van der Waals surface area (Å²) in [5.41, 5.74) is 0.887. The van der Waals surface area contributed by atoms with Crippen molar-refractivity contribution in [1.29, 1.82) is 0 Å². The minimum Gasteiger partial charge on any atom is -0.492 e. The van der Waals surface area contributed by atoms with Gasteiger partial charge in [0.05, 0.1) is 17.9 Å². The standard InChI is InChI=1S/C25H19F3N2O4/c1-2-33-20-14-7-6-13-19(20)30-23(31)21(16-9-4-3-5-10-16)22(24(30)32)29-17-11-8-12-18(15-17)34-25(26,27)28/h3-15,29H,2H2,1H3. The second-order valence-electron chi connectivity index (χ2n) is 7.16. The highest BCUT2D eigenvalue weighted by Gasteiger charge is 2.41. The lowest BCUT2D eigenvalue weighted by atomic mass is 10.0. The number of hydrogen-bond acceptors (Lipinski definition) is 5. The van der Waals surface area contributed by atoms with E-state index < -0.39 is 23.9 Å². The summed E-state index contributed by atoms with van der Waals surface area (Å²) in [7, 11) is 0. The van der Waals surface area contributed by atoms with Crippen molar-refractivity contribution in [2.75, 3.05) is 16.8 Å². The molecular weight excluding hydrogens is 449 g/mol. The van der Waals surface area contributed by atoms with E-state index in [1.54, 1.807) is 61.5 Å². The van der Waals surface area contributed by atoms with Crippen LogP contribution in [0.3, 0.4) is 0 Å². The molecule has 0 saturated heterocycles. The van der Waals surface area contributed by atoms with Gasteiger partial charge in [0, 0.05) is 11.8 Å². The van der Waals surface area contributed by atoms with Crippen molar-refractivity contribution in [1.82, 2.24) is 0 Å². The minimum absolute atomic E-state index is 0.0772. The highest BCUT2D eigenvalue weighted by molar-refractivity contribution is 6.46. The first-order chi connectivity index (χ1) is 16.3. The monoisotopic (exact) mass is 468 g/mol. The fraction of sp³-hybridized carbons (Fsp3) is 0.120. The molecule has 34 heavy (non-hydrogen) atoms. The Morgan fingerprint density at radius 3 is 2.29 bits per heavy atom. The van der Waals surface area contributed by atoms with Crippen LogP contribution >= 0.6 is 0 Å². The maximum Gasteiger partial charge on any atom is 0.573 e. The lowest BCUT2D eigenvalue weighted by Crippen LogP contribution is -2.32. The van der Waals surface area contributed by atoms with E-state index >= 15 is 0 Å². The first-order valence-corrected chi connectivity index (χ1v) is 10.3. The molecule has 0 saturated carbocycles. The number of benzene rings is 3. The number of alkyl halides is 3. The Kier molecular flexibility index (Phi) is 6.27. The molecule has 0 radical (unpaired) electrons. The van der Waals surface area contributed by atoms with Crippen LogP contribution < -0.4 is 19.7 Å². The second-order valence-corrected chi connectivity index (χ2v) is 7.16. The zero-order chi connectivity index (χ0) is 24.3. The van der Waals surface area contributed by atoms with E-state index in [-0.39, 0.29) is 22.6 Å². The molecule has 6 nitrogen and oxygen atoms in total. The van der Waals surface area contributed by atoms with E-state index in [1.807, 2.05) is 0 Å². The van der Waals surface area contributed by atoms with Gasteiger partial charge in [0.25, 0.3) is 11.8 Å². The Balaban J connectivity index is 1.77. The topological polar surface area (TPSA) is 67.9 Å². The van der Waals surface area contributed by atoms with Gasteiger partial charge in [-0.2, -0.15) is 0 Å². The van der Waals surface area contributed by atoms with Gasteiger partial charge in [-0.15, -0.1) is 13.2 Å². The van der Waals surface area contributed by atoms with Gasteiger partial charge in [-0.25, -0.2) is 4.90 Å². The molecule has 1 aliphatic rings. The Bertz CT molecular complexity index is 1260. The average molecular weight is 468 g/mol. The summed E-state index contributed by atoms with van der Waals surface area (Å²) in [5, 5.41) is 2.83. The van der Waals surface area contributed by atoms with Crippen molar-refractivity contribution < 1.29 is 32.2 Å². The number of hydrogen-bond donors (Lipinski definition) is 1. The fourth-order valence-electron chi connectivity index (χ4n) is 3.57. The number of ether oxygens (including phenoxy) is 2. The second kappa shape index (κ2) is 9.30. The maximum absolute atomic E-state index is 13.5. The Morgan fingerprint density at radius 1 is 0.882 bits per heavy atom. The molecule has 0 bridgehead atoms. The first kappa shape index (κ1) is 22.9. The molecule has 0 fully saturated rings. The minimum atomic E-state index is -4.87. The summed E-state index contributed by atoms with van der Waals surface area (Å²) in [4.78, 5) is 28.0. The van der Waals surface area contributed by atoms with Gasteiger partial charge in [-0.05, 0) is 36.8 Å². The summed E-state index contributed by atoms with van der Waals surface area (Å²) in [5.74, 6) is -1.37.